The summed E-state index contributed by atoms with van der Waals surface area (Å²) in [4.78, 5) is 35.3. The Morgan fingerprint density at radius 1 is 1.16 bits per heavy atom. The first kappa shape index (κ1) is 18.1. The van der Waals surface area contributed by atoms with Crippen molar-refractivity contribution in [2.45, 2.75) is 19.8 Å². The van der Waals surface area contributed by atoms with Gasteiger partial charge in [-0.2, -0.15) is 4.73 Å². The standard InChI is InChI=1S/C16H16N2O7/c1-3-24-15(19)13(16(20)25-4-2)11-9-17(21)12-8-6-5-7-10(12)14(11)18(22)23/h5-9,13H,3-4H2,1-2H3. The number of aromatic nitrogens is 1. The van der Waals surface area contributed by atoms with Crippen LogP contribution in [0, 0.1) is 15.3 Å². The van der Waals surface area contributed by atoms with E-state index in [1.54, 1.807) is 6.07 Å². The molecule has 0 saturated heterocycles. The Labute approximate surface area is 142 Å². The molecule has 0 atom stereocenters. The average Bonchev–Trinajstić information content (AvgIpc) is 2.55. The van der Waals surface area contributed by atoms with Crippen molar-refractivity contribution in [2.75, 3.05) is 13.2 Å². The van der Waals surface area contributed by atoms with Crippen molar-refractivity contribution in [3.05, 3.63) is 51.3 Å². The lowest BCUT2D eigenvalue weighted by Gasteiger charge is -2.15. The van der Waals surface area contributed by atoms with E-state index in [0.29, 0.717) is 4.73 Å². The van der Waals surface area contributed by atoms with Gasteiger partial charge in [0.15, 0.2) is 12.1 Å². The van der Waals surface area contributed by atoms with Crippen LogP contribution in [0.1, 0.15) is 25.3 Å². The van der Waals surface area contributed by atoms with E-state index < -0.39 is 28.5 Å². The summed E-state index contributed by atoms with van der Waals surface area (Å²) in [6.07, 6.45) is 0.846. The molecule has 0 fully saturated rings. The molecule has 0 radical (unpaired) electrons. The van der Waals surface area contributed by atoms with Gasteiger partial charge in [0, 0.05) is 6.07 Å². The Kier molecular flexibility index (Phi) is 5.48. The average molecular weight is 348 g/mol. The number of hydrogen-bond donors (Lipinski definition) is 0. The van der Waals surface area contributed by atoms with Gasteiger partial charge in [-0.15, -0.1) is 0 Å². The van der Waals surface area contributed by atoms with E-state index >= 15 is 0 Å². The number of fused-ring (bicyclic) bond motifs is 1. The fourth-order valence-corrected chi connectivity index (χ4v) is 2.49. The lowest BCUT2D eigenvalue weighted by Crippen LogP contribution is -2.33. The number of para-hydroxylation sites is 1. The molecule has 0 aliphatic carbocycles. The molecule has 0 N–H and O–H groups in total. The number of benzene rings is 1. The summed E-state index contributed by atoms with van der Waals surface area (Å²) in [5.41, 5.74) is -0.825. The molecule has 2 rings (SSSR count). The summed E-state index contributed by atoms with van der Waals surface area (Å²) < 4.78 is 10.1. The van der Waals surface area contributed by atoms with Crippen LogP contribution in [-0.4, -0.2) is 30.1 Å². The van der Waals surface area contributed by atoms with Crippen molar-refractivity contribution in [3.8, 4) is 0 Å². The highest BCUT2D eigenvalue weighted by atomic mass is 16.6. The fourth-order valence-electron chi connectivity index (χ4n) is 2.49. The number of nitrogens with zero attached hydrogens (tertiary/aromatic N) is 2. The summed E-state index contributed by atoms with van der Waals surface area (Å²) in [5, 5.41) is 23.8. The maximum atomic E-state index is 12.2. The van der Waals surface area contributed by atoms with Gasteiger partial charge in [-0.25, -0.2) is 0 Å². The van der Waals surface area contributed by atoms with Crippen LogP contribution in [0.2, 0.25) is 0 Å². The first-order valence-electron chi connectivity index (χ1n) is 7.54. The third-order valence-corrected chi connectivity index (χ3v) is 3.46. The molecule has 132 valence electrons. The number of rotatable bonds is 6. The van der Waals surface area contributed by atoms with Gasteiger partial charge in [-0.05, 0) is 19.9 Å². The normalized spacial score (nSPS) is 10.7. The van der Waals surface area contributed by atoms with Crippen LogP contribution in [-0.2, 0) is 19.1 Å². The van der Waals surface area contributed by atoms with Crippen molar-refractivity contribution in [3.63, 3.8) is 0 Å². The lowest BCUT2D eigenvalue weighted by atomic mass is 9.97. The Morgan fingerprint density at radius 2 is 1.72 bits per heavy atom. The smallest absolute Gasteiger partial charge is 0.325 e. The highest BCUT2D eigenvalue weighted by Gasteiger charge is 2.40. The predicted molar refractivity (Wildman–Crippen MR) is 85.6 cm³/mol. The number of esters is 2. The number of nitro groups is 1. The molecular weight excluding hydrogens is 332 g/mol. The van der Waals surface area contributed by atoms with Gasteiger partial charge in [0.25, 0.3) is 5.69 Å². The van der Waals surface area contributed by atoms with Gasteiger partial charge >= 0.3 is 11.9 Å². The molecule has 1 aromatic carbocycles. The largest absolute Gasteiger partial charge is 0.618 e. The first-order chi connectivity index (χ1) is 11.9. The number of pyridine rings is 1. The third-order valence-electron chi connectivity index (χ3n) is 3.46. The molecule has 9 nitrogen and oxygen atoms in total. The van der Waals surface area contributed by atoms with Crippen LogP contribution in [0.5, 0.6) is 0 Å². The molecule has 0 bridgehead atoms. The quantitative estimate of drug-likeness (QED) is 0.194. The molecule has 2 aromatic rings. The van der Waals surface area contributed by atoms with Gasteiger partial charge in [0.2, 0.25) is 5.52 Å². The number of ether oxygens (including phenoxy) is 2. The minimum absolute atomic E-state index is 0.0126. The van der Waals surface area contributed by atoms with E-state index in [2.05, 4.69) is 0 Å². The summed E-state index contributed by atoms with van der Waals surface area (Å²) in [6.45, 7) is 2.99. The van der Waals surface area contributed by atoms with Gasteiger partial charge in [0.05, 0.1) is 18.1 Å². The van der Waals surface area contributed by atoms with Crippen LogP contribution in [0.4, 0.5) is 5.69 Å². The highest BCUT2D eigenvalue weighted by Crippen LogP contribution is 2.33. The van der Waals surface area contributed by atoms with Crippen molar-refractivity contribution < 1.29 is 28.7 Å². The highest BCUT2D eigenvalue weighted by molar-refractivity contribution is 6.03. The van der Waals surface area contributed by atoms with Crippen LogP contribution >= 0.6 is 0 Å². The van der Waals surface area contributed by atoms with E-state index in [1.807, 2.05) is 0 Å². The number of hydrogen-bond acceptors (Lipinski definition) is 7. The minimum atomic E-state index is -1.72. The van der Waals surface area contributed by atoms with E-state index in [-0.39, 0.29) is 29.7 Å². The molecule has 0 saturated carbocycles. The molecule has 25 heavy (non-hydrogen) atoms. The van der Waals surface area contributed by atoms with E-state index in [9.17, 15) is 24.9 Å². The van der Waals surface area contributed by atoms with Gasteiger partial charge in [-0.3, -0.25) is 19.7 Å². The molecular formula is C16H16N2O7. The van der Waals surface area contributed by atoms with Crippen molar-refractivity contribution >= 4 is 28.5 Å². The van der Waals surface area contributed by atoms with Crippen LogP contribution in [0.25, 0.3) is 10.9 Å². The summed E-state index contributed by atoms with van der Waals surface area (Å²) >= 11 is 0. The molecule has 1 heterocycles. The zero-order valence-electron chi connectivity index (χ0n) is 13.6. The maximum absolute atomic E-state index is 12.2. The molecule has 1 aromatic heterocycles. The van der Waals surface area contributed by atoms with Crippen molar-refractivity contribution in [1.82, 2.24) is 0 Å². The van der Waals surface area contributed by atoms with E-state index in [0.717, 1.165) is 6.20 Å². The minimum Gasteiger partial charge on any atom is -0.618 e. The van der Waals surface area contributed by atoms with Crippen LogP contribution in [0.15, 0.2) is 30.5 Å². The summed E-state index contributed by atoms with van der Waals surface area (Å²) in [6, 6.07) is 5.85. The zero-order valence-corrected chi connectivity index (χ0v) is 13.6. The number of carbonyl (C=O) groups excluding carboxylic acids is 2. The second-order valence-corrected chi connectivity index (χ2v) is 4.97. The van der Waals surface area contributed by atoms with Crippen LogP contribution < -0.4 is 4.73 Å². The Morgan fingerprint density at radius 3 is 2.24 bits per heavy atom. The zero-order chi connectivity index (χ0) is 18.6. The molecule has 9 heteroatoms. The lowest BCUT2D eigenvalue weighted by molar-refractivity contribution is -0.578. The Hall–Kier alpha value is -3.23. The van der Waals surface area contributed by atoms with Gasteiger partial charge in [-0.1, -0.05) is 12.1 Å². The molecule has 0 unspecified atom stereocenters. The summed E-state index contributed by atoms with van der Waals surface area (Å²) in [7, 11) is 0. The van der Waals surface area contributed by atoms with Crippen LogP contribution in [0.3, 0.4) is 0 Å². The predicted octanol–water partition coefficient (Wildman–Crippen LogP) is 1.59. The van der Waals surface area contributed by atoms with Gasteiger partial charge < -0.3 is 14.7 Å². The second kappa shape index (κ2) is 7.56. The second-order valence-electron chi connectivity index (χ2n) is 4.97. The Balaban J connectivity index is 2.77. The monoisotopic (exact) mass is 348 g/mol. The van der Waals surface area contributed by atoms with Crippen molar-refractivity contribution in [1.29, 1.82) is 0 Å². The third kappa shape index (κ3) is 3.49. The summed E-state index contributed by atoms with van der Waals surface area (Å²) in [5.74, 6) is -3.75. The van der Waals surface area contributed by atoms with Gasteiger partial charge in [0.1, 0.15) is 10.9 Å². The van der Waals surface area contributed by atoms with E-state index in [4.69, 9.17) is 9.47 Å². The van der Waals surface area contributed by atoms with Crippen molar-refractivity contribution in [2.24, 2.45) is 0 Å². The molecule has 0 aliphatic heterocycles. The first-order valence-corrected chi connectivity index (χ1v) is 7.54. The maximum Gasteiger partial charge on any atom is 0.325 e. The van der Waals surface area contributed by atoms with E-state index in [1.165, 1.54) is 32.0 Å². The Bertz CT molecular complexity index is 817. The number of carbonyl (C=O) groups is 2. The molecule has 0 aliphatic rings. The topological polar surface area (TPSA) is 123 Å². The molecule has 0 amide bonds. The fraction of sp³-hybridized carbons (Fsp3) is 0.312. The molecule has 0 spiro atoms. The SMILES string of the molecule is CCOC(=O)C(C(=O)OCC)c1c[n+]([O-])c2ccccc2c1[N+](=O)[O-].